The molecular weight excluding hydrogens is 322 g/mol. The second kappa shape index (κ2) is 7.82. The number of hydrogen-bond donors (Lipinski definition) is 0. The van der Waals surface area contributed by atoms with Crippen molar-refractivity contribution in [3.05, 3.63) is 70.7 Å². The van der Waals surface area contributed by atoms with Gasteiger partial charge in [-0.2, -0.15) is 0 Å². The zero-order valence-corrected chi connectivity index (χ0v) is 14.6. The topological polar surface area (TPSA) is 29.5 Å². The van der Waals surface area contributed by atoms with E-state index in [9.17, 15) is 4.79 Å². The van der Waals surface area contributed by atoms with Gasteiger partial charge in [0.25, 0.3) is 0 Å². The van der Waals surface area contributed by atoms with Gasteiger partial charge in [0.1, 0.15) is 0 Å². The van der Waals surface area contributed by atoms with Gasteiger partial charge in [0.05, 0.1) is 12.5 Å². The highest BCUT2D eigenvalue weighted by molar-refractivity contribution is 6.30. The van der Waals surface area contributed by atoms with Gasteiger partial charge < -0.3 is 4.74 Å². The lowest BCUT2D eigenvalue weighted by Crippen LogP contribution is -2.25. The molecule has 0 spiro atoms. The lowest BCUT2D eigenvalue weighted by atomic mass is 9.89. The first-order valence-electron chi connectivity index (χ1n) is 8.35. The molecule has 0 aliphatic carbocycles. The van der Waals surface area contributed by atoms with Crippen LogP contribution in [0.5, 0.6) is 0 Å². The van der Waals surface area contributed by atoms with Crippen LogP contribution in [-0.2, 0) is 16.1 Å². The molecule has 1 aliphatic rings. The minimum Gasteiger partial charge on any atom is -0.466 e. The zero-order chi connectivity index (χ0) is 16.9. The van der Waals surface area contributed by atoms with Crippen LogP contribution in [0.25, 0.3) is 0 Å². The summed E-state index contributed by atoms with van der Waals surface area (Å²) in [5.74, 6) is -0.0899. The maximum Gasteiger partial charge on any atom is 0.310 e. The van der Waals surface area contributed by atoms with E-state index in [4.69, 9.17) is 16.3 Å². The Morgan fingerprint density at radius 3 is 2.50 bits per heavy atom. The SMILES string of the molecule is CCOC(=O)[C@H]1CN(Cc2ccccc2)C[C@@H]1c1ccc(Cl)cc1. The Morgan fingerprint density at radius 1 is 1.12 bits per heavy atom. The van der Waals surface area contributed by atoms with Crippen molar-refractivity contribution in [3.63, 3.8) is 0 Å². The van der Waals surface area contributed by atoms with Gasteiger partial charge in [-0.15, -0.1) is 0 Å². The van der Waals surface area contributed by atoms with Gasteiger partial charge in [-0.25, -0.2) is 0 Å². The second-order valence-electron chi connectivity index (χ2n) is 6.20. The lowest BCUT2D eigenvalue weighted by molar-refractivity contribution is -0.148. The molecule has 3 rings (SSSR count). The summed E-state index contributed by atoms with van der Waals surface area (Å²) in [6.07, 6.45) is 0. The first-order valence-corrected chi connectivity index (χ1v) is 8.73. The first-order chi connectivity index (χ1) is 11.7. The van der Waals surface area contributed by atoms with E-state index in [1.807, 2.05) is 49.4 Å². The number of rotatable bonds is 5. The maximum atomic E-state index is 12.4. The van der Waals surface area contributed by atoms with Crippen molar-refractivity contribution in [2.24, 2.45) is 5.92 Å². The van der Waals surface area contributed by atoms with E-state index in [-0.39, 0.29) is 17.8 Å². The normalized spacial score (nSPS) is 20.9. The molecule has 0 amide bonds. The van der Waals surface area contributed by atoms with Gasteiger partial charge in [0.15, 0.2) is 0 Å². The number of esters is 1. The molecule has 1 aliphatic heterocycles. The van der Waals surface area contributed by atoms with E-state index in [0.717, 1.165) is 25.2 Å². The number of hydrogen-bond acceptors (Lipinski definition) is 3. The first kappa shape index (κ1) is 17.0. The van der Waals surface area contributed by atoms with E-state index in [0.29, 0.717) is 11.6 Å². The summed E-state index contributed by atoms with van der Waals surface area (Å²) in [6.45, 7) is 4.69. The lowest BCUT2D eigenvalue weighted by Gasteiger charge is -2.17. The molecule has 0 radical (unpaired) electrons. The van der Waals surface area contributed by atoms with Gasteiger partial charge >= 0.3 is 5.97 Å². The summed E-state index contributed by atoms with van der Waals surface area (Å²) in [5.41, 5.74) is 2.41. The highest BCUT2D eigenvalue weighted by Crippen LogP contribution is 2.34. The predicted molar refractivity (Wildman–Crippen MR) is 96.0 cm³/mol. The molecule has 0 aromatic heterocycles. The second-order valence-corrected chi connectivity index (χ2v) is 6.63. The van der Waals surface area contributed by atoms with Crippen LogP contribution in [0.2, 0.25) is 5.02 Å². The van der Waals surface area contributed by atoms with Gasteiger partial charge in [0.2, 0.25) is 0 Å². The summed E-state index contributed by atoms with van der Waals surface area (Å²) in [6, 6.07) is 18.2. The van der Waals surface area contributed by atoms with Crippen LogP contribution in [0, 0.1) is 5.92 Å². The van der Waals surface area contributed by atoms with Gasteiger partial charge in [-0.1, -0.05) is 54.1 Å². The van der Waals surface area contributed by atoms with E-state index in [2.05, 4.69) is 17.0 Å². The number of carbonyl (C=O) groups is 1. The number of benzene rings is 2. The number of carbonyl (C=O) groups excluding carboxylic acids is 1. The Labute approximate surface area is 148 Å². The Balaban J connectivity index is 1.78. The van der Waals surface area contributed by atoms with E-state index >= 15 is 0 Å². The largest absolute Gasteiger partial charge is 0.466 e. The van der Waals surface area contributed by atoms with E-state index in [1.165, 1.54) is 5.56 Å². The Morgan fingerprint density at radius 2 is 1.83 bits per heavy atom. The van der Waals surface area contributed by atoms with Crippen molar-refractivity contribution in [3.8, 4) is 0 Å². The van der Waals surface area contributed by atoms with Crippen LogP contribution in [0.15, 0.2) is 54.6 Å². The molecule has 0 N–H and O–H groups in total. The average molecular weight is 344 g/mol. The minimum absolute atomic E-state index is 0.104. The van der Waals surface area contributed by atoms with Gasteiger partial charge in [-0.3, -0.25) is 9.69 Å². The number of halogens is 1. The molecule has 2 atom stereocenters. The average Bonchev–Trinajstić information content (AvgIpc) is 3.00. The van der Waals surface area contributed by atoms with Crippen LogP contribution >= 0.6 is 11.6 Å². The molecule has 1 saturated heterocycles. The standard InChI is InChI=1S/C20H22ClNO2/c1-2-24-20(23)19-14-22(12-15-6-4-3-5-7-15)13-18(19)16-8-10-17(21)11-9-16/h3-11,18-19H,2,12-14H2,1H3/t18-,19+/m1/s1. The van der Waals surface area contributed by atoms with Crippen molar-refractivity contribution in [2.75, 3.05) is 19.7 Å². The molecule has 4 heteroatoms. The summed E-state index contributed by atoms with van der Waals surface area (Å²) in [7, 11) is 0. The molecule has 1 heterocycles. The molecule has 0 unspecified atom stereocenters. The van der Waals surface area contributed by atoms with Gasteiger partial charge in [-0.05, 0) is 30.2 Å². The Kier molecular flexibility index (Phi) is 5.54. The summed E-state index contributed by atoms with van der Waals surface area (Å²) < 4.78 is 5.31. The molecule has 3 nitrogen and oxygen atoms in total. The number of ether oxygens (including phenoxy) is 1. The molecule has 0 saturated carbocycles. The van der Waals surface area contributed by atoms with Crippen molar-refractivity contribution < 1.29 is 9.53 Å². The third-order valence-electron chi connectivity index (χ3n) is 4.53. The van der Waals surface area contributed by atoms with Crippen LogP contribution in [0.1, 0.15) is 24.0 Å². The number of likely N-dealkylation sites (tertiary alicyclic amines) is 1. The monoisotopic (exact) mass is 343 g/mol. The third-order valence-corrected chi connectivity index (χ3v) is 4.78. The molecular formula is C20H22ClNO2. The smallest absolute Gasteiger partial charge is 0.310 e. The summed E-state index contributed by atoms with van der Waals surface area (Å²) in [5, 5.41) is 0.713. The van der Waals surface area contributed by atoms with Crippen LogP contribution in [-0.4, -0.2) is 30.6 Å². The zero-order valence-electron chi connectivity index (χ0n) is 13.8. The van der Waals surface area contributed by atoms with Crippen molar-refractivity contribution in [2.45, 2.75) is 19.4 Å². The van der Waals surface area contributed by atoms with Crippen molar-refractivity contribution >= 4 is 17.6 Å². The number of nitrogens with zero attached hydrogens (tertiary/aromatic N) is 1. The minimum atomic E-state index is -0.130. The predicted octanol–water partition coefficient (Wildman–Crippen LogP) is 4.12. The molecule has 126 valence electrons. The Bertz CT molecular complexity index is 672. The molecule has 2 aromatic carbocycles. The molecule has 2 aromatic rings. The maximum absolute atomic E-state index is 12.4. The summed E-state index contributed by atoms with van der Waals surface area (Å²) in [4.78, 5) is 14.7. The van der Waals surface area contributed by atoms with Crippen LogP contribution < -0.4 is 0 Å². The van der Waals surface area contributed by atoms with Crippen LogP contribution in [0.3, 0.4) is 0 Å². The van der Waals surface area contributed by atoms with Crippen LogP contribution in [0.4, 0.5) is 0 Å². The fraction of sp³-hybridized carbons (Fsp3) is 0.350. The molecule has 24 heavy (non-hydrogen) atoms. The molecule has 0 bridgehead atoms. The Hall–Kier alpha value is -1.84. The third kappa shape index (κ3) is 3.97. The van der Waals surface area contributed by atoms with Crippen molar-refractivity contribution in [1.29, 1.82) is 0 Å². The summed E-state index contributed by atoms with van der Waals surface area (Å²) >= 11 is 6.00. The quantitative estimate of drug-likeness (QED) is 0.765. The highest BCUT2D eigenvalue weighted by Gasteiger charge is 2.39. The van der Waals surface area contributed by atoms with Crippen molar-refractivity contribution in [1.82, 2.24) is 4.90 Å². The van der Waals surface area contributed by atoms with E-state index in [1.54, 1.807) is 0 Å². The molecule has 1 fully saturated rings. The fourth-order valence-electron chi connectivity index (χ4n) is 3.39. The highest BCUT2D eigenvalue weighted by atomic mass is 35.5. The van der Waals surface area contributed by atoms with Gasteiger partial charge in [0, 0.05) is 30.6 Å². The fourth-order valence-corrected chi connectivity index (χ4v) is 3.52. The van der Waals surface area contributed by atoms with E-state index < -0.39 is 0 Å².